The van der Waals surface area contributed by atoms with Crippen LogP contribution in [0.4, 0.5) is 18.9 Å². The van der Waals surface area contributed by atoms with Gasteiger partial charge in [-0.1, -0.05) is 17.7 Å². The largest absolute Gasteiger partial charge is 0.482 e. The first kappa shape index (κ1) is 17.4. The van der Waals surface area contributed by atoms with Gasteiger partial charge in [-0.25, -0.2) is 4.68 Å². The minimum absolute atomic E-state index is 0.106. The van der Waals surface area contributed by atoms with Crippen LogP contribution < -0.4 is 10.1 Å². The Morgan fingerprint density at radius 2 is 1.96 bits per heavy atom. The molecule has 0 spiro atoms. The van der Waals surface area contributed by atoms with Gasteiger partial charge in [0.1, 0.15) is 5.75 Å². The SMILES string of the molecule is O=C1COc2ccc(-c3cc(C(F)(F)F)nn3-c3cccc(Cl)c3)cc2N1. The van der Waals surface area contributed by atoms with Crippen LogP contribution in [0.15, 0.2) is 48.5 Å². The van der Waals surface area contributed by atoms with Gasteiger partial charge in [0.2, 0.25) is 0 Å². The number of carbonyl (C=O) groups is 1. The Labute approximate surface area is 156 Å². The lowest BCUT2D eigenvalue weighted by atomic mass is 10.1. The van der Waals surface area contributed by atoms with Crippen molar-refractivity contribution >= 4 is 23.2 Å². The highest BCUT2D eigenvalue weighted by Gasteiger charge is 2.35. The first-order valence-corrected chi connectivity index (χ1v) is 8.19. The second kappa shape index (κ2) is 6.31. The van der Waals surface area contributed by atoms with Crippen LogP contribution in [-0.2, 0) is 11.0 Å². The summed E-state index contributed by atoms with van der Waals surface area (Å²) in [6, 6.07) is 12.1. The predicted octanol–water partition coefficient (Wildman–Crippen LogP) is 4.54. The van der Waals surface area contributed by atoms with Gasteiger partial charge in [-0.05, 0) is 42.5 Å². The summed E-state index contributed by atoms with van der Waals surface area (Å²) in [4.78, 5) is 11.5. The number of aromatic nitrogens is 2. The van der Waals surface area contributed by atoms with Gasteiger partial charge in [-0.15, -0.1) is 0 Å². The van der Waals surface area contributed by atoms with Gasteiger partial charge in [0.25, 0.3) is 5.91 Å². The topological polar surface area (TPSA) is 56.1 Å². The Bertz CT molecular complexity index is 1050. The van der Waals surface area contributed by atoms with Crippen molar-refractivity contribution in [3.63, 3.8) is 0 Å². The zero-order valence-corrected chi connectivity index (χ0v) is 14.3. The predicted molar refractivity (Wildman–Crippen MR) is 93.1 cm³/mol. The number of nitrogens with one attached hydrogen (secondary N) is 1. The zero-order valence-electron chi connectivity index (χ0n) is 13.5. The van der Waals surface area contributed by atoms with Crippen LogP contribution in [0.1, 0.15) is 5.69 Å². The molecule has 0 unspecified atom stereocenters. The maximum Gasteiger partial charge on any atom is 0.435 e. The minimum Gasteiger partial charge on any atom is -0.482 e. The normalized spacial score (nSPS) is 13.7. The number of ether oxygens (including phenoxy) is 1. The molecule has 1 aliphatic rings. The number of carbonyl (C=O) groups excluding carboxylic acids is 1. The van der Waals surface area contributed by atoms with E-state index in [-0.39, 0.29) is 18.2 Å². The molecule has 0 radical (unpaired) electrons. The zero-order chi connectivity index (χ0) is 19.2. The van der Waals surface area contributed by atoms with Gasteiger partial charge in [-0.2, -0.15) is 18.3 Å². The number of amides is 1. The van der Waals surface area contributed by atoms with Gasteiger partial charge in [0.05, 0.1) is 17.1 Å². The lowest BCUT2D eigenvalue weighted by Crippen LogP contribution is -2.25. The summed E-state index contributed by atoms with van der Waals surface area (Å²) in [7, 11) is 0. The van der Waals surface area contributed by atoms with Crippen molar-refractivity contribution < 1.29 is 22.7 Å². The van der Waals surface area contributed by atoms with Gasteiger partial charge >= 0.3 is 6.18 Å². The van der Waals surface area contributed by atoms with Crippen LogP contribution in [0.3, 0.4) is 0 Å². The first-order valence-electron chi connectivity index (χ1n) is 7.81. The number of benzene rings is 2. The van der Waals surface area contributed by atoms with Gasteiger partial charge in [0.15, 0.2) is 12.3 Å². The van der Waals surface area contributed by atoms with Crippen molar-refractivity contribution in [3.8, 4) is 22.7 Å². The van der Waals surface area contributed by atoms with E-state index in [0.717, 1.165) is 6.07 Å². The number of halogens is 4. The van der Waals surface area contributed by atoms with Gasteiger partial charge < -0.3 is 10.1 Å². The Kier molecular flexibility index (Phi) is 4.07. The summed E-state index contributed by atoms with van der Waals surface area (Å²) in [5, 5.41) is 6.72. The molecule has 2 heterocycles. The van der Waals surface area contributed by atoms with E-state index >= 15 is 0 Å². The van der Waals surface area contributed by atoms with Gasteiger partial charge in [-0.3, -0.25) is 4.79 Å². The molecule has 0 bridgehead atoms. The smallest absolute Gasteiger partial charge is 0.435 e. The Morgan fingerprint density at radius 3 is 2.70 bits per heavy atom. The summed E-state index contributed by atoms with van der Waals surface area (Å²) in [5.41, 5.74) is 0.368. The summed E-state index contributed by atoms with van der Waals surface area (Å²) in [6.07, 6.45) is -4.61. The molecule has 138 valence electrons. The number of hydrogen-bond acceptors (Lipinski definition) is 3. The van der Waals surface area contributed by atoms with E-state index in [2.05, 4.69) is 10.4 Å². The quantitative estimate of drug-likeness (QED) is 0.695. The second-order valence-corrected chi connectivity index (χ2v) is 6.29. The van der Waals surface area contributed by atoms with E-state index in [1.807, 2.05) is 0 Å². The highest BCUT2D eigenvalue weighted by Crippen LogP contribution is 2.37. The number of alkyl halides is 3. The number of hydrogen-bond donors (Lipinski definition) is 1. The molecule has 0 fully saturated rings. The third kappa shape index (κ3) is 3.35. The summed E-state index contributed by atoms with van der Waals surface area (Å²) in [5.74, 6) is 0.113. The molecule has 3 aromatic rings. The van der Waals surface area contributed by atoms with E-state index < -0.39 is 11.9 Å². The number of anilines is 1. The second-order valence-electron chi connectivity index (χ2n) is 5.85. The highest BCUT2D eigenvalue weighted by atomic mass is 35.5. The van der Waals surface area contributed by atoms with Crippen LogP contribution in [0, 0.1) is 0 Å². The number of fused-ring (bicyclic) bond motifs is 1. The monoisotopic (exact) mass is 393 g/mol. The molecule has 5 nitrogen and oxygen atoms in total. The Balaban J connectivity index is 1.88. The highest BCUT2D eigenvalue weighted by molar-refractivity contribution is 6.30. The molecule has 0 saturated heterocycles. The molecule has 1 N–H and O–H groups in total. The maximum atomic E-state index is 13.2. The molecule has 27 heavy (non-hydrogen) atoms. The lowest BCUT2D eigenvalue weighted by Gasteiger charge is -2.18. The third-order valence-corrected chi connectivity index (χ3v) is 4.20. The van der Waals surface area contributed by atoms with Crippen LogP contribution in [0.2, 0.25) is 5.02 Å². The van der Waals surface area contributed by atoms with E-state index in [4.69, 9.17) is 16.3 Å². The number of nitrogens with zero attached hydrogens (tertiary/aromatic N) is 2. The molecule has 1 aromatic heterocycles. The molecule has 0 atom stereocenters. The Morgan fingerprint density at radius 1 is 1.15 bits per heavy atom. The molecule has 0 aliphatic carbocycles. The molecule has 1 amide bonds. The Hall–Kier alpha value is -3.00. The van der Waals surface area contributed by atoms with E-state index in [0.29, 0.717) is 27.7 Å². The molecule has 0 saturated carbocycles. The summed E-state index contributed by atoms with van der Waals surface area (Å²) < 4.78 is 46.2. The number of rotatable bonds is 2. The van der Waals surface area contributed by atoms with E-state index in [9.17, 15) is 18.0 Å². The molecular weight excluding hydrogens is 383 g/mol. The first-order chi connectivity index (χ1) is 12.8. The van der Waals surface area contributed by atoms with E-state index in [1.54, 1.807) is 36.4 Å². The van der Waals surface area contributed by atoms with Crippen LogP contribution in [0.5, 0.6) is 5.75 Å². The molecule has 4 rings (SSSR count). The van der Waals surface area contributed by atoms with Gasteiger partial charge in [0, 0.05) is 10.6 Å². The van der Waals surface area contributed by atoms with Crippen LogP contribution in [0.25, 0.3) is 16.9 Å². The summed E-state index contributed by atoms with van der Waals surface area (Å²) >= 11 is 5.97. The van der Waals surface area contributed by atoms with Crippen LogP contribution >= 0.6 is 11.6 Å². The fraction of sp³-hybridized carbons (Fsp3) is 0.111. The third-order valence-electron chi connectivity index (χ3n) is 3.96. The van der Waals surface area contributed by atoms with Crippen molar-refractivity contribution in [1.82, 2.24) is 9.78 Å². The minimum atomic E-state index is -4.61. The van der Waals surface area contributed by atoms with E-state index in [1.165, 1.54) is 10.7 Å². The standard InChI is InChI=1S/C18H11ClF3N3O2/c19-11-2-1-3-12(7-11)25-14(8-16(24-25)18(20,21)22)10-4-5-15-13(6-10)23-17(26)9-27-15/h1-8H,9H2,(H,23,26). The average molecular weight is 394 g/mol. The van der Waals surface area contributed by atoms with Crippen molar-refractivity contribution in [2.45, 2.75) is 6.18 Å². The molecule has 2 aromatic carbocycles. The lowest BCUT2D eigenvalue weighted by molar-refractivity contribution is -0.141. The van der Waals surface area contributed by atoms with Crippen molar-refractivity contribution in [2.24, 2.45) is 0 Å². The molecule has 1 aliphatic heterocycles. The van der Waals surface area contributed by atoms with Crippen LogP contribution in [-0.4, -0.2) is 22.3 Å². The average Bonchev–Trinajstić information content (AvgIpc) is 3.07. The fourth-order valence-electron chi connectivity index (χ4n) is 2.77. The summed E-state index contributed by atoms with van der Waals surface area (Å²) in [6.45, 7) is -0.106. The van der Waals surface area contributed by atoms with Crippen molar-refractivity contribution in [2.75, 3.05) is 11.9 Å². The van der Waals surface area contributed by atoms with Crippen molar-refractivity contribution in [3.05, 3.63) is 59.2 Å². The molecule has 9 heteroatoms. The molecular formula is C18H11ClF3N3O2. The van der Waals surface area contributed by atoms with Crippen molar-refractivity contribution in [1.29, 1.82) is 0 Å². The maximum absolute atomic E-state index is 13.2. The fourth-order valence-corrected chi connectivity index (χ4v) is 2.96.